The molecule has 0 bridgehead atoms. The quantitative estimate of drug-likeness (QED) is 0.674. The maximum absolute atomic E-state index is 8.66. The lowest BCUT2D eigenvalue weighted by molar-refractivity contribution is 0.133. The average Bonchev–Trinajstić information content (AvgIpc) is 2.51. The molecule has 0 aliphatic carbocycles. The minimum absolute atomic E-state index is 0.0969. The van der Waals surface area contributed by atoms with E-state index in [9.17, 15) is 0 Å². The van der Waals surface area contributed by atoms with Crippen LogP contribution in [0.3, 0.4) is 0 Å². The molecule has 12 heavy (non-hydrogen) atoms. The van der Waals surface area contributed by atoms with Gasteiger partial charge in [-0.15, -0.1) is 0 Å². The van der Waals surface area contributed by atoms with E-state index in [4.69, 9.17) is 9.84 Å². The molecule has 1 aromatic heterocycles. The van der Waals surface area contributed by atoms with Crippen LogP contribution in [0, 0.1) is 0 Å². The van der Waals surface area contributed by atoms with Crippen molar-refractivity contribution in [2.24, 2.45) is 0 Å². The first-order valence-electron chi connectivity index (χ1n) is 3.92. The number of hydrogen-bond acceptors (Lipinski definition) is 4. The molecular weight excluding hydrogens is 156 g/mol. The monoisotopic (exact) mass is 166 g/mol. The van der Waals surface area contributed by atoms with Gasteiger partial charge in [-0.2, -0.15) is 0 Å². The van der Waals surface area contributed by atoms with Crippen LogP contribution < -0.4 is 0 Å². The van der Waals surface area contributed by atoms with E-state index in [0.29, 0.717) is 25.5 Å². The second-order valence-corrected chi connectivity index (χ2v) is 2.72. The SMILES string of the molecule is OCCc1ncc2c(n1)COC2. The summed E-state index contributed by atoms with van der Waals surface area (Å²) in [6.07, 6.45) is 2.30. The summed E-state index contributed by atoms with van der Waals surface area (Å²) in [7, 11) is 0. The van der Waals surface area contributed by atoms with Crippen LogP contribution in [0.5, 0.6) is 0 Å². The van der Waals surface area contributed by atoms with Crippen molar-refractivity contribution in [1.29, 1.82) is 0 Å². The summed E-state index contributed by atoms with van der Waals surface area (Å²) in [4.78, 5) is 8.34. The standard InChI is InChI=1S/C8H10N2O2/c11-2-1-8-9-3-6-4-12-5-7(6)10-8/h3,11H,1-2,4-5H2. The van der Waals surface area contributed by atoms with E-state index in [2.05, 4.69) is 9.97 Å². The molecule has 4 heteroatoms. The number of aromatic nitrogens is 2. The van der Waals surface area contributed by atoms with Crippen molar-refractivity contribution in [1.82, 2.24) is 9.97 Å². The minimum Gasteiger partial charge on any atom is -0.396 e. The summed E-state index contributed by atoms with van der Waals surface area (Å²) >= 11 is 0. The highest BCUT2D eigenvalue weighted by Crippen LogP contribution is 2.15. The molecule has 0 atom stereocenters. The van der Waals surface area contributed by atoms with Crippen LogP contribution in [0.2, 0.25) is 0 Å². The maximum Gasteiger partial charge on any atom is 0.130 e. The van der Waals surface area contributed by atoms with Crippen molar-refractivity contribution in [3.8, 4) is 0 Å². The van der Waals surface area contributed by atoms with E-state index in [-0.39, 0.29) is 6.61 Å². The zero-order valence-corrected chi connectivity index (χ0v) is 6.66. The van der Waals surface area contributed by atoms with Gasteiger partial charge >= 0.3 is 0 Å². The van der Waals surface area contributed by atoms with Crippen molar-refractivity contribution in [3.63, 3.8) is 0 Å². The van der Waals surface area contributed by atoms with Crippen LogP contribution in [0.25, 0.3) is 0 Å². The summed E-state index contributed by atoms with van der Waals surface area (Å²) in [5.74, 6) is 0.696. The van der Waals surface area contributed by atoms with E-state index in [0.717, 1.165) is 11.3 Å². The molecule has 1 aliphatic heterocycles. The van der Waals surface area contributed by atoms with Gasteiger partial charge in [0.25, 0.3) is 0 Å². The lowest BCUT2D eigenvalue weighted by atomic mass is 10.3. The molecule has 4 nitrogen and oxygen atoms in total. The molecule has 0 spiro atoms. The Hall–Kier alpha value is -1.00. The smallest absolute Gasteiger partial charge is 0.130 e. The van der Waals surface area contributed by atoms with E-state index in [1.807, 2.05) is 0 Å². The van der Waals surface area contributed by atoms with Gasteiger partial charge in [-0.3, -0.25) is 0 Å². The molecule has 1 aliphatic rings. The molecule has 0 aromatic carbocycles. The highest BCUT2D eigenvalue weighted by Gasteiger charge is 2.13. The predicted molar refractivity (Wildman–Crippen MR) is 41.3 cm³/mol. The zero-order chi connectivity index (χ0) is 8.39. The van der Waals surface area contributed by atoms with Gasteiger partial charge in [0.1, 0.15) is 5.82 Å². The van der Waals surface area contributed by atoms with Gasteiger partial charge in [0.15, 0.2) is 0 Å². The van der Waals surface area contributed by atoms with Crippen LogP contribution in [0.15, 0.2) is 6.20 Å². The minimum atomic E-state index is 0.0969. The number of rotatable bonds is 2. The van der Waals surface area contributed by atoms with E-state index in [1.165, 1.54) is 0 Å². The first-order chi connectivity index (χ1) is 5.90. The van der Waals surface area contributed by atoms with Gasteiger partial charge in [0, 0.05) is 18.2 Å². The van der Waals surface area contributed by atoms with Gasteiger partial charge in [-0.05, 0) is 0 Å². The molecule has 0 amide bonds. The fraction of sp³-hybridized carbons (Fsp3) is 0.500. The van der Waals surface area contributed by atoms with Crippen molar-refractivity contribution in [3.05, 3.63) is 23.3 Å². The molecule has 0 saturated carbocycles. The Morgan fingerprint density at radius 2 is 2.42 bits per heavy atom. The summed E-state index contributed by atoms with van der Waals surface area (Å²) in [5.41, 5.74) is 2.03. The van der Waals surface area contributed by atoms with Gasteiger partial charge in [-0.1, -0.05) is 0 Å². The molecule has 2 rings (SSSR count). The number of hydrogen-bond donors (Lipinski definition) is 1. The average molecular weight is 166 g/mol. The molecule has 0 saturated heterocycles. The number of nitrogens with zero attached hydrogens (tertiary/aromatic N) is 2. The first-order valence-corrected chi connectivity index (χ1v) is 3.92. The third-order valence-electron chi connectivity index (χ3n) is 1.84. The number of fused-ring (bicyclic) bond motifs is 1. The zero-order valence-electron chi connectivity index (χ0n) is 6.66. The molecule has 64 valence electrons. The second-order valence-electron chi connectivity index (χ2n) is 2.72. The lowest BCUT2D eigenvalue weighted by Crippen LogP contribution is -2.01. The number of aliphatic hydroxyl groups excluding tert-OH is 1. The topological polar surface area (TPSA) is 55.2 Å². The highest BCUT2D eigenvalue weighted by atomic mass is 16.5. The van der Waals surface area contributed by atoms with Crippen LogP contribution in [-0.4, -0.2) is 21.7 Å². The highest BCUT2D eigenvalue weighted by molar-refractivity contribution is 5.18. The van der Waals surface area contributed by atoms with Crippen molar-refractivity contribution >= 4 is 0 Å². The fourth-order valence-electron chi connectivity index (χ4n) is 1.21. The molecule has 2 heterocycles. The molecule has 1 aromatic rings. The molecule has 0 radical (unpaired) electrons. The number of aliphatic hydroxyl groups is 1. The summed E-state index contributed by atoms with van der Waals surface area (Å²) in [5, 5.41) is 8.66. The van der Waals surface area contributed by atoms with Crippen LogP contribution in [-0.2, 0) is 24.4 Å². The van der Waals surface area contributed by atoms with Crippen LogP contribution >= 0.6 is 0 Å². The molecular formula is C8H10N2O2. The third-order valence-corrected chi connectivity index (χ3v) is 1.84. The Labute approximate surface area is 70.2 Å². The summed E-state index contributed by atoms with van der Waals surface area (Å²) in [6, 6.07) is 0. The number of ether oxygens (including phenoxy) is 1. The van der Waals surface area contributed by atoms with Gasteiger partial charge in [0.2, 0.25) is 0 Å². The van der Waals surface area contributed by atoms with Crippen molar-refractivity contribution < 1.29 is 9.84 Å². The normalized spacial score (nSPS) is 14.8. The summed E-state index contributed by atoms with van der Waals surface area (Å²) in [6.45, 7) is 1.30. The van der Waals surface area contributed by atoms with Gasteiger partial charge < -0.3 is 9.84 Å². The molecule has 0 fully saturated rings. The molecule has 1 N–H and O–H groups in total. The lowest BCUT2D eigenvalue weighted by Gasteiger charge is -1.98. The maximum atomic E-state index is 8.66. The van der Waals surface area contributed by atoms with Gasteiger partial charge in [0.05, 0.1) is 25.5 Å². The Balaban J connectivity index is 2.26. The summed E-state index contributed by atoms with van der Waals surface area (Å²) < 4.78 is 5.18. The van der Waals surface area contributed by atoms with E-state index in [1.54, 1.807) is 6.20 Å². The van der Waals surface area contributed by atoms with Crippen molar-refractivity contribution in [2.75, 3.05) is 6.61 Å². The van der Waals surface area contributed by atoms with Crippen molar-refractivity contribution in [2.45, 2.75) is 19.6 Å². The van der Waals surface area contributed by atoms with Crippen LogP contribution in [0.4, 0.5) is 0 Å². The first kappa shape index (κ1) is 7.64. The predicted octanol–water partition coefficient (Wildman–Crippen LogP) is 0.0416. The van der Waals surface area contributed by atoms with Gasteiger partial charge in [-0.25, -0.2) is 9.97 Å². The molecule has 0 unspecified atom stereocenters. The fourth-order valence-corrected chi connectivity index (χ4v) is 1.21. The van der Waals surface area contributed by atoms with E-state index >= 15 is 0 Å². The Kier molecular flexibility index (Phi) is 2.01. The Morgan fingerprint density at radius 3 is 3.25 bits per heavy atom. The second kappa shape index (κ2) is 3.16. The van der Waals surface area contributed by atoms with E-state index < -0.39 is 0 Å². The third kappa shape index (κ3) is 1.31. The Morgan fingerprint density at radius 1 is 1.50 bits per heavy atom. The Bertz CT molecular complexity index is 288. The van der Waals surface area contributed by atoms with Crippen LogP contribution in [0.1, 0.15) is 17.1 Å². The largest absolute Gasteiger partial charge is 0.396 e.